The maximum Gasteiger partial charge on any atom is 0.0110 e. The van der Waals surface area contributed by atoms with E-state index in [-0.39, 0.29) is 0 Å². The second kappa shape index (κ2) is 3.51. The van der Waals surface area contributed by atoms with Gasteiger partial charge in [0.15, 0.2) is 0 Å². The third-order valence-electron chi connectivity index (χ3n) is 2.99. The first-order chi connectivity index (χ1) is 6.27. The summed E-state index contributed by atoms with van der Waals surface area (Å²) in [5.41, 5.74) is 1.48. The van der Waals surface area contributed by atoms with E-state index >= 15 is 0 Å². The highest BCUT2D eigenvalue weighted by atomic mass is 15.0. The van der Waals surface area contributed by atoms with Crippen molar-refractivity contribution in [3.63, 3.8) is 0 Å². The Labute approximate surface area is 80.2 Å². The zero-order valence-corrected chi connectivity index (χ0v) is 8.33. The van der Waals surface area contributed by atoms with E-state index in [4.69, 9.17) is 0 Å². The van der Waals surface area contributed by atoms with Gasteiger partial charge in [0.1, 0.15) is 0 Å². The third kappa shape index (κ3) is 1.75. The zero-order chi connectivity index (χ0) is 9.26. The highest BCUT2D eigenvalue weighted by molar-refractivity contribution is 5.22. The van der Waals surface area contributed by atoms with Gasteiger partial charge in [0.2, 0.25) is 0 Å². The molecule has 1 aliphatic heterocycles. The Morgan fingerprint density at radius 3 is 2.38 bits per heavy atom. The van der Waals surface area contributed by atoms with Crippen LogP contribution in [0.15, 0.2) is 30.3 Å². The van der Waals surface area contributed by atoms with E-state index in [1.54, 1.807) is 0 Å². The lowest BCUT2D eigenvalue weighted by molar-refractivity contribution is 0.575. The van der Waals surface area contributed by atoms with E-state index in [0.717, 1.165) is 0 Å². The Kier molecular flexibility index (Phi) is 2.36. The van der Waals surface area contributed by atoms with E-state index in [2.05, 4.69) is 49.5 Å². The summed E-state index contributed by atoms with van der Waals surface area (Å²) in [7, 11) is 0. The Bertz CT molecular complexity index is 268. The molecule has 0 spiro atoms. The van der Waals surface area contributed by atoms with Crippen molar-refractivity contribution in [3.8, 4) is 0 Å². The fourth-order valence-corrected chi connectivity index (χ4v) is 2.34. The number of hydrogen-bond acceptors (Lipinski definition) is 1. The quantitative estimate of drug-likeness (QED) is 0.691. The van der Waals surface area contributed by atoms with Crippen molar-refractivity contribution in [1.82, 2.24) is 5.32 Å². The van der Waals surface area contributed by atoms with E-state index in [1.807, 2.05) is 0 Å². The number of benzene rings is 1. The van der Waals surface area contributed by atoms with Crippen molar-refractivity contribution in [2.75, 3.05) is 0 Å². The van der Waals surface area contributed by atoms with Crippen LogP contribution in [0.1, 0.15) is 31.7 Å². The predicted molar refractivity (Wildman–Crippen MR) is 55.9 cm³/mol. The van der Waals surface area contributed by atoms with Crippen LogP contribution in [-0.2, 0) is 0 Å². The van der Waals surface area contributed by atoms with E-state index in [9.17, 15) is 0 Å². The Morgan fingerprint density at radius 1 is 1.15 bits per heavy atom. The van der Waals surface area contributed by atoms with Crippen molar-refractivity contribution in [3.05, 3.63) is 35.9 Å². The number of hydrogen-bond donors (Lipinski definition) is 1. The molecule has 1 aromatic rings. The first kappa shape index (κ1) is 8.76. The summed E-state index contributed by atoms with van der Waals surface area (Å²) < 4.78 is 0. The molecule has 1 nitrogen and oxygen atoms in total. The first-order valence-corrected chi connectivity index (χ1v) is 5.08. The zero-order valence-electron chi connectivity index (χ0n) is 8.33. The molecular formula is C12H17N. The van der Waals surface area contributed by atoms with Crippen LogP contribution in [0.5, 0.6) is 0 Å². The average molecular weight is 175 g/mol. The molecule has 1 fully saturated rings. The van der Waals surface area contributed by atoms with Crippen molar-refractivity contribution in [2.45, 2.75) is 38.3 Å². The van der Waals surface area contributed by atoms with Gasteiger partial charge < -0.3 is 5.32 Å². The summed E-state index contributed by atoms with van der Waals surface area (Å²) in [6, 6.07) is 12.1. The summed E-state index contributed by atoms with van der Waals surface area (Å²) in [5.74, 6) is 0.705. The molecule has 0 saturated carbocycles. The van der Waals surface area contributed by atoms with Crippen LogP contribution in [0.25, 0.3) is 0 Å². The summed E-state index contributed by atoms with van der Waals surface area (Å²) in [6.07, 6.45) is 1.27. The van der Waals surface area contributed by atoms with Crippen molar-refractivity contribution in [1.29, 1.82) is 0 Å². The molecule has 0 radical (unpaired) electrons. The minimum absolute atomic E-state index is 0.623. The first-order valence-electron chi connectivity index (χ1n) is 5.08. The molecule has 3 atom stereocenters. The van der Waals surface area contributed by atoms with Gasteiger partial charge >= 0.3 is 0 Å². The van der Waals surface area contributed by atoms with Crippen LogP contribution in [0.2, 0.25) is 0 Å². The molecule has 0 amide bonds. The van der Waals surface area contributed by atoms with Crippen LogP contribution in [-0.4, -0.2) is 12.1 Å². The molecule has 1 heterocycles. The normalized spacial score (nSPS) is 33.5. The van der Waals surface area contributed by atoms with Crippen molar-refractivity contribution in [2.24, 2.45) is 0 Å². The molecule has 70 valence electrons. The van der Waals surface area contributed by atoms with E-state index in [1.165, 1.54) is 12.0 Å². The highest BCUT2D eigenvalue weighted by Crippen LogP contribution is 2.30. The second-order valence-corrected chi connectivity index (χ2v) is 4.11. The van der Waals surface area contributed by atoms with Crippen molar-refractivity contribution >= 4 is 0 Å². The van der Waals surface area contributed by atoms with Gasteiger partial charge in [-0.25, -0.2) is 0 Å². The van der Waals surface area contributed by atoms with Gasteiger partial charge in [-0.2, -0.15) is 0 Å². The maximum atomic E-state index is 3.57. The van der Waals surface area contributed by atoms with Gasteiger partial charge in [-0.3, -0.25) is 0 Å². The minimum Gasteiger partial charge on any atom is -0.311 e. The van der Waals surface area contributed by atoms with Crippen LogP contribution in [0.4, 0.5) is 0 Å². The van der Waals surface area contributed by atoms with Gasteiger partial charge in [0, 0.05) is 18.0 Å². The highest BCUT2D eigenvalue weighted by Gasteiger charge is 2.28. The monoisotopic (exact) mass is 175 g/mol. The molecule has 0 bridgehead atoms. The standard InChI is InChI=1S/C12H17N/c1-9-8-12(10(2)13-9)11-6-4-3-5-7-11/h3-7,9-10,12-13H,8H2,1-2H3/t9-,10-,12+/m0/s1. The fourth-order valence-electron chi connectivity index (χ4n) is 2.34. The van der Waals surface area contributed by atoms with Gasteiger partial charge in [-0.05, 0) is 25.8 Å². The van der Waals surface area contributed by atoms with Crippen molar-refractivity contribution < 1.29 is 0 Å². The SMILES string of the molecule is C[C@@H]1N[C@@H](C)C[C@H]1c1ccccc1. The second-order valence-electron chi connectivity index (χ2n) is 4.11. The Hall–Kier alpha value is -0.820. The molecule has 0 unspecified atom stereocenters. The number of nitrogens with one attached hydrogen (secondary N) is 1. The smallest absolute Gasteiger partial charge is 0.0110 e. The lowest BCUT2D eigenvalue weighted by Crippen LogP contribution is -2.26. The van der Waals surface area contributed by atoms with Crippen LogP contribution in [0, 0.1) is 0 Å². The lowest BCUT2D eigenvalue weighted by atomic mass is 9.92. The summed E-state index contributed by atoms with van der Waals surface area (Å²) in [5, 5.41) is 3.57. The summed E-state index contributed by atoms with van der Waals surface area (Å²) in [6.45, 7) is 4.54. The Balaban J connectivity index is 2.18. The van der Waals surface area contributed by atoms with Gasteiger partial charge in [0.25, 0.3) is 0 Å². The van der Waals surface area contributed by atoms with Gasteiger partial charge in [0.05, 0.1) is 0 Å². The van der Waals surface area contributed by atoms with E-state index in [0.29, 0.717) is 18.0 Å². The molecule has 1 saturated heterocycles. The molecule has 0 aliphatic carbocycles. The van der Waals surface area contributed by atoms with Gasteiger partial charge in [-0.15, -0.1) is 0 Å². The van der Waals surface area contributed by atoms with Crippen LogP contribution < -0.4 is 5.32 Å². The molecule has 1 aliphatic rings. The van der Waals surface area contributed by atoms with Crippen LogP contribution in [0.3, 0.4) is 0 Å². The third-order valence-corrected chi connectivity index (χ3v) is 2.99. The minimum atomic E-state index is 0.623. The Morgan fingerprint density at radius 2 is 1.85 bits per heavy atom. The molecule has 1 heteroatoms. The largest absolute Gasteiger partial charge is 0.311 e. The van der Waals surface area contributed by atoms with Gasteiger partial charge in [-0.1, -0.05) is 30.3 Å². The maximum absolute atomic E-state index is 3.57. The lowest BCUT2D eigenvalue weighted by Gasteiger charge is -2.14. The molecule has 1 aromatic carbocycles. The fraction of sp³-hybridized carbons (Fsp3) is 0.500. The van der Waals surface area contributed by atoms with Crippen LogP contribution >= 0.6 is 0 Å². The molecule has 2 rings (SSSR count). The summed E-state index contributed by atoms with van der Waals surface area (Å²) >= 11 is 0. The summed E-state index contributed by atoms with van der Waals surface area (Å²) in [4.78, 5) is 0. The number of rotatable bonds is 1. The molecule has 1 N–H and O–H groups in total. The van der Waals surface area contributed by atoms with E-state index < -0.39 is 0 Å². The topological polar surface area (TPSA) is 12.0 Å². The average Bonchev–Trinajstić information content (AvgIpc) is 2.47. The molecule has 0 aromatic heterocycles. The molecular weight excluding hydrogens is 158 g/mol. The predicted octanol–water partition coefficient (Wildman–Crippen LogP) is 2.54. The molecule has 13 heavy (non-hydrogen) atoms.